The maximum absolute atomic E-state index is 12.0. The Morgan fingerprint density at radius 1 is 0.850 bits per heavy atom. The third kappa shape index (κ3) is 2.33. The minimum absolute atomic E-state index is 0.125. The number of nitrogens with zero attached hydrogens (tertiary/aromatic N) is 3. The summed E-state index contributed by atoms with van der Waals surface area (Å²) in [5, 5.41) is 4.77. The SMILES string of the molecule is O=S(=O)(/N=N/n1ccc2ccccc21)c1ccccc1. The molecule has 1 heterocycles. The smallest absolute Gasteiger partial charge is 0.221 e. The molecule has 0 amide bonds. The average Bonchev–Trinajstić information content (AvgIpc) is 2.89. The van der Waals surface area contributed by atoms with Crippen LogP contribution >= 0.6 is 0 Å². The lowest BCUT2D eigenvalue weighted by Gasteiger charge is -1.97. The van der Waals surface area contributed by atoms with Crippen LogP contribution in [0.15, 0.2) is 81.5 Å². The third-order valence-corrected chi connectivity index (χ3v) is 4.02. The Morgan fingerprint density at radius 2 is 1.55 bits per heavy atom. The van der Waals surface area contributed by atoms with Gasteiger partial charge in [0.15, 0.2) is 0 Å². The van der Waals surface area contributed by atoms with Crippen LogP contribution in [0, 0.1) is 0 Å². The highest BCUT2D eigenvalue weighted by atomic mass is 32.2. The largest absolute Gasteiger partial charge is 0.301 e. The van der Waals surface area contributed by atoms with Gasteiger partial charge in [0, 0.05) is 11.6 Å². The summed E-state index contributed by atoms with van der Waals surface area (Å²) >= 11 is 0. The highest BCUT2D eigenvalue weighted by Gasteiger charge is 2.12. The van der Waals surface area contributed by atoms with Gasteiger partial charge in [0.05, 0.1) is 10.4 Å². The van der Waals surface area contributed by atoms with Gasteiger partial charge in [0.25, 0.3) is 0 Å². The van der Waals surface area contributed by atoms with E-state index in [9.17, 15) is 8.42 Å². The van der Waals surface area contributed by atoms with Gasteiger partial charge in [-0.15, -0.1) is 0 Å². The Bertz CT molecular complexity index is 868. The summed E-state index contributed by atoms with van der Waals surface area (Å²) in [5.74, 6) is 0. The molecule has 1 aromatic heterocycles. The van der Waals surface area contributed by atoms with Crippen LogP contribution in [0.5, 0.6) is 0 Å². The normalized spacial score (nSPS) is 12.2. The van der Waals surface area contributed by atoms with Crippen molar-refractivity contribution >= 4 is 20.9 Å². The molecular weight excluding hydrogens is 274 g/mol. The Balaban J connectivity index is 1.99. The summed E-state index contributed by atoms with van der Waals surface area (Å²) < 4.78 is 28.9. The highest BCUT2D eigenvalue weighted by Crippen LogP contribution is 2.16. The molecule has 6 heteroatoms. The van der Waals surface area contributed by atoms with Crippen LogP contribution in [0.3, 0.4) is 0 Å². The summed E-state index contributed by atoms with van der Waals surface area (Å²) in [5.41, 5.74) is 0.805. The quantitative estimate of drug-likeness (QED) is 0.693. The number of fused-ring (bicyclic) bond motifs is 1. The van der Waals surface area contributed by atoms with Crippen molar-refractivity contribution in [1.29, 1.82) is 0 Å². The van der Waals surface area contributed by atoms with Gasteiger partial charge in [0.2, 0.25) is 0 Å². The van der Waals surface area contributed by atoms with Gasteiger partial charge >= 0.3 is 10.0 Å². The van der Waals surface area contributed by atoms with Crippen molar-refractivity contribution in [3.63, 3.8) is 0 Å². The van der Waals surface area contributed by atoms with Crippen LogP contribution < -0.4 is 0 Å². The molecule has 0 radical (unpaired) electrons. The second-order valence-electron chi connectivity index (χ2n) is 4.18. The number of para-hydroxylation sites is 1. The van der Waals surface area contributed by atoms with Gasteiger partial charge < -0.3 is 0 Å². The molecule has 0 fully saturated rings. The van der Waals surface area contributed by atoms with E-state index in [1.165, 1.54) is 16.8 Å². The lowest BCUT2D eigenvalue weighted by molar-refractivity contribution is 0.592. The Hall–Kier alpha value is -2.47. The van der Waals surface area contributed by atoms with E-state index in [0.29, 0.717) is 0 Å². The fraction of sp³-hybridized carbons (Fsp3) is 0. The van der Waals surface area contributed by atoms with Crippen LogP contribution in [-0.2, 0) is 10.0 Å². The van der Waals surface area contributed by atoms with Crippen molar-refractivity contribution in [2.75, 3.05) is 0 Å². The van der Waals surface area contributed by atoms with Crippen LogP contribution in [0.25, 0.3) is 10.9 Å². The van der Waals surface area contributed by atoms with E-state index in [1.807, 2.05) is 30.3 Å². The lowest BCUT2D eigenvalue weighted by atomic mass is 10.3. The predicted molar refractivity (Wildman–Crippen MR) is 75.8 cm³/mol. The van der Waals surface area contributed by atoms with Crippen LogP contribution in [0.4, 0.5) is 0 Å². The van der Waals surface area contributed by atoms with E-state index < -0.39 is 10.0 Å². The summed E-state index contributed by atoms with van der Waals surface area (Å²) in [6.45, 7) is 0. The second kappa shape index (κ2) is 4.90. The Morgan fingerprint density at radius 3 is 2.35 bits per heavy atom. The highest BCUT2D eigenvalue weighted by molar-refractivity contribution is 7.90. The summed E-state index contributed by atoms with van der Waals surface area (Å²) in [6, 6.07) is 17.4. The monoisotopic (exact) mass is 285 g/mol. The zero-order valence-electron chi connectivity index (χ0n) is 10.4. The van der Waals surface area contributed by atoms with E-state index in [4.69, 9.17) is 0 Å². The molecule has 100 valence electrons. The molecule has 0 saturated carbocycles. The van der Waals surface area contributed by atoms with E-state index in [0.717, 1.165) is 10.9 Å². The molecule has 5 nitrogen and oxygen atoms in total. The molecule has 0 aliphatic carbocycles. The fourth-order valence-electron chi connectivity index (χ4n) is 1.87. The van der Waals surface area contributed by atoms with Crippen LogP contribution in [0.2, 0.25) is 0 Å². The molecule has 0 atom stereocenters. The second-order valence-corrected chi connectivity index (χ2v) is 5.76. The van der Waals surface area contributed by atoms with E-state index in [1.54, 1.807) is 24.4 Å². The third-order valence-electron chi connectivity index (χ3n) is 2.86. The zero-order chi connectivity index (χ0) is 14.0. The standard InChI is InChI=1S/C14H11N3O2S/c18-20(19,13-7-2-1-3-8-13)16-15-17-11-10-12-6-4-5-9-14(12)17/h1-11H/b16-15+. The maximum Gasteiger partial charge on any atom is 0.301 e. The van der Waals surface area contributed by atoms with Gasteiger partial charge in [-0.05, 0) is 28.8 Å². The minimum atomic E-state index is -3.77. The summed E-state index contributed by atoms with van der Waals surface area (Å²) in [7, 11) is -3.77. The molecule has 0 unspecified atom stereocenters. The molecule has 20 heavy (non-hydrogen) atoms. The van der Waals surface area contributed by atoms with Gasteiger partial charge in [-0.25, -0.2) is 4.68 Å². The van der Waals surface area contributed by atoms with E-state index in [2.05, 4.69) is 9.74 Å². The average molecular weight is 285 g/mol. The summed E-state index contributed by atoms with van der Waals surface area (Å²) in [4.78, 5) is 0.125. The first-order valence-corrected chi connectivity index (χ1v) is 7.40. The first kappa shape index (κ1) is 12.6. The molecule has 2 aromatic carbocycles. The van der Waals surface area contributed by atoms with Crippen molar-refractivity contribution in [2.24, 2.45) is 9.74 Å². The van der Waals surface area contributed by atoms with E-state index >= 15 is 0 Å². The van der Waals surface area contributed by atoms with E-state index in [-0.39, 0.29) is 4.90 Å². The topological polar surface area (TPSA) is 63.8 Å². The first-order valence-electron chi connectivity index (χ1n) is 5.96. The fourth-order valence-corrected chi connectivity index (χ4v) is 2.64. The number of hydrogen-bond donors (Lipinski definition) is 0. The molecule has 3 rings (SSSR count). The van der Waals surface area contributed by atoms with Crippen LogP contribution in [0.1, 0.15) is 0 Å². The molecule has 0 bridgehead atoms. The van der Waals surface area contributed by atoms with Gasteiger partial charge in [-0.2, -0.15) is 8.42 Å². The van der Waals surface area contributed by atoms with Crippen molar-refractivity contribution in [1.82, 2.24) is 4.68 Å². The molecule has 0 saturated heterocycles. The van der Waals surface area contributed by atoms with Crippen molar-refractivity contribution in [3.8, 4) is 0 Å². The number of benzene rings is 2. The van der Waals surface area contributed by atoms with Crippen molar-refractivity contribution in [2.45, 2.75) is 4.90 Å². The number of sulfonamides is 1. The molecule has 3 aromatic rings. The first-order chi connectivity index (χ1) is 9.67. The molecule has 0 aliphatic rings. The zero-order valence-corrected chi connectivity index (χ0v) is 11.2. The van der Waals surface area contributed by atoms with Crippen molar-refractivity contribution < 1.29 is 8.42 Å². The predicted octanol–water partition coefficient (Wildman–Crippen LogP) is 3.25. The Kier molecular flexibility index (Phi) is 3.08. The maximum atomic E-state index is 12.0. The minimum Gasteiger partial charge on any atom is -0.221 e. The number of aromatic nitrogens is 1. The Labute approximate surface area is 116 Å². The number of hydrogen-bond acceptors (Lipinski definition) is 3. The van der Waals surface area contributed by atoms with Gasteiger partial charge in [-0.1, -0.05) is 41.6 Å². The number of rotatable bonds is 3. The summed E-state index contributed by atoms with van der Waals surface area (Å²) in [6.07, 6.45) is 1.68. The van der Waals surface area contributed by atoms with Gasteiger partial charge in [-0.3, -0.25) is 0 Å². The van der Waals surface area contributed by atoms with Crippen LogP contribution in [-0.4, -0.2) is 13.1 Å². The van der Waals surface area contributed by atoms with Gasteiger partial charge in [0.1, 0.15) is 0 Å². The van der Waals surface area contributed by atoms with Crippen molar-refractivity contribution in [3.05, 3.63) is 66.9 Å². The lowest BCUT2D eigenvalue weighted by Crippen LogP contribution is -1.96. The molecule has 0 spiro atoms. The molecule has 0 aliphatic heterocycles. The molecule has 0 N–H and O–H groups in total. The molecular formula is C14H11N3O2S.